The Hall–Kier alpha value is -2.00. The van der Waals surface area contributed by atoms with E-state index in [-0.39, 0.29) is 11.7 Å². The summed E-state index contributed by atoms with van der Waals surface area (Å²) in [6.45, 7) is 12.4. The van der Waals surface area contributed by atoms with Gasteiger partial charge in [-0.05, 0) is 31.2 Å². The van der Waals surface area contributed by atoms with Crippen LogP contribution >= 0.6 is 0 Å². The molecule has 0 N–H and O–H groups in total. The highest BCUT2D eigenvalue weighted by molar-refractivity contribution is 5.84. The maximum atomic E-state index is 12.3. The minimum Gasteiger partial charge on any atom is -0.377 e. The van der Waals surface area contributed by atoms with Crippen LogP contribution in [0, 0.1) is 12.8 Å². The van der Waals surface area contributed by atoms with Crippen molar-refractivity contribution in [2.75, 3.05) is 19.8 Å². The molecular weight excluding hydrogens is 286 g/mol. The number of Topliss-reactive ketones (excluding diaryl/α,β-unsaturated/α-hetero) is 1. The minimum atomic E-state index is -0.182. The summed E-state index contributed by atoms with van der Waals surface area (Å²) in [6, 6.07) is 6.18. The van der Waals surface area contributed by atoms with Gasteiger partial charge in [-0.25, -0.2) is 0 Å². The van der Waals surface area contributed by atoms with Gasteiger partial charge in [-0.2, -0.15) is 0 Å². The number of carbonyl (C=O) groups is 1. The molecule has 3 nitrogen and oxygen atoms in total. The average molecular weight is 313 g/mol. The number of rotatable bonds is 3. The number of nitrogens with zero attached hydrogens (tertiary/aromatic N) is 1. The van der Waals surface area contributed by atoms with Crippen LogP contribution in [0.1, 0.15) is 30.0 Å². The van der Waals surface area contributed by atoms with Crippen molar-refractivity contribution in [3.05, 3.63) is 53.6 Å². The average Bonchev–Trinajstić information content (AvgIpc) is 2.55. The molecule has 124 valence electrons. The molecule has 1 atom stereocenters. The summed E-state index contributed by atoms with van der Waals surface area (Å²) in [5.74, 6) is -0.00837. The van der Waals surface area contributed by atoms with Crippen LogP contribution < -0.4 is 0 Å². The monoisotopic (exact) mass is 313 g/mol. The first-order valence-electron chi connectivity index (χ1n) is 8.02. The Morgan fingerprint density at radius 1 is 1.43 bits per heavy atom. The van der Waals surface area contributed by atoms with E-state index in [1.54, 1.807) is 0 Å². The topological polar surface area (TPSA) is 38.7 Å². The van der Waals surface area contributed by atoms with Crippen molar-refractivity contribution in [3.8, 4) is 0 Å². The molecule has 0 aliphatic carbocycles. The summed E-state index contributed by atoms with van der Waals surface area (Å²) in [4.78, 5) is 16.1. The van der Waals surface area contributed by atoms with E-state index in [4.69, 9.17) is 4.74 Å². The fraction of sp³-hybridized carbons (Fsp3) is 0.400. The largest absolute Gasteiger partial charge is 0.377 e. The number of benzene rings is 1. The smallest absolute Gasteiger partial charge is 0.144 e. The zero-order valence-electron chi connectivity index (χ0n) is 14.3. The molecule has 0 spiro atoms. The molecule has 0 bridgehead atoms. The van der Waals surface area contributed by atoms with Gasteiger partial charge in [-0.15, -0.1) is 6.58 Å². The molecule has 0 saturated carbocycles. The molecule has 0 fully saturated rings. The molecule has 1 heterocycles. The van der Waals surface area contributed by atoms with Crippen LogP contribution in [0.3, 0.4) is 0 Å². The van der Waals surface area contributed by atoms with E-state index in [2.05, 4.69) is 38.2 Å². The zero-order chi connectivity index (χ0) is 17.1. The number of aliphatic imine (C=N–C) groups is 1. The van der Waals surface area contributed by atoms with Gasteiger partial charge in [-0.3, -0.25) is 4.79 Å². The highest BCUT2D eigenvalue weighted by Gasteiger charge is 2.19. The predicted octanol–water partition coefficient (Wildman–Crippen LogP) is 4.05. The maximum Gasteiger partial charge on any atom is 0.144 e. The molecule has 2 rings (SSSR count). The number of hydrogen-bond acceptors (Lipinski definition) is 3. The maximum absolute atomic E-state index is 12.3. The first kappa shape index (κ1) is 19.0. The van der Waals surface area contributed by atoms with E-state index >= 15 is 0 Å². The number of aryl methyl sites for hydroxylation is 1. The van der Waals surface area contributed by atoms with Crippen molar-refractivity contribution in [1.82, 2.24) is 0 Å². The third-order valence-corrected chi connectivity index (χ3v) is 3.59. The van der Waals surface area contributed by atoms with E-state index < -0.39 is 0 Å². The second-order valence-electron chi connectivity index (χ2n) is 5.59. The van der Waals surface area contributed by atoms with Crippen LogP contribution in [0.5, 0.6) is 0 Å². The standard InChI is InChI=1S/C16H19NO2.C4H8/c1-12-5-6-14-9-16(18)15(10-17-2)11-19-7-3-4-13(14)8-12;1-3-4-2/h3-6,8,15H,2,7,9-11H2,1H3;3H,1,4H2,2H3/b4-3-;. The molecule has 0 radical (unpaired) electrons. The quantitative estimate of drug-likeness (QED) is 0.624. The lowest BCUT2D eigenvalue weighted by Crippen LogP contribution is -2.25. The summed E-state index contributed by atoms with van der Waals surface area (Å²) >= 11 is 0. The number of allylic oxidation sites excluding steroid dienone is 1. The summed E-state index contributed by atoms with van der Waals surface area (Å²) in [5.41, 5.74) is 3.37. The van der Waals surface area contributed by atoms with Crippen molar-refractivity contribution in [1.29, 1.82) is 0 Å². The van der Waals surface area contributed by atoms with Gasteiger partial charge in [0.05, 0.1) is 25.7 Å². The summed E-state index contributed by atoms with van der Waals surface area (Å²) in [5, 5.41) is 0. The molecule has 1 aromatic carbocycles. The van der Waals surface area contributed by atoms with E-state index in [9.17, 15) is 4.79 Å². The molecule has 0 saturated heterocycles. The van der Waals surface area contributed by atoms with Gasteiger partial charge in [0, 0.05) is 6.42 Å². The van der Waals surface area contributed by atoms with Crippen LogP contribution in [0.2, 0.25) is 0 Å². The fourth-order valence-corrected chi connectivity index (χ4v) is 2.22. The fourth-order valence-electron chi connectivity index (χ4n) is 2.22. The van der Waals surface area contributed by atoms with Crippen molar-refractivity contribution in [2.24, 2.45) is 10.9 Å². The lowest BCUT2D eigenvalue weighted by atomic mass is 9.94. The Bertz CT molecular complexity index is 561. The molecule has 0 amide bonds. The number of carbonyl (C=O) groups excluding carboxylic acids is 1. The van der Waals surface area contributed by atoms with Gasteiger partial charge in [-0.1, -0.05) is 48.9 Å². The Kier molecular flexibility index (Phi) is 8.85. The first-order valence-corrected chi connectivity index (χ1v) is 8.02. The van der Waals surface area contributed by atoms with Gasteiger partial charge in [0.25, 0.3) is 0 Å². The van der Waals surface area contributed by atoms with Crippen molar-refractivity contribution in [3.63, 3.8) is 0 Å². The molecule has 1 aliphatic heterocycles. The third-order valence-electron chi connectivity index (χ3n) is 3.59. The first-order chi connectivity index (χ1) is 11.1. The molecular formula is C20H27NO2. The molecule has 0 aromatic heterocycles. The van der Waals surface area contributed by atoms with Gasteiger partial charge in [0.2, 0.25) is 0 Å². The number of ether oxygens (including phenoxy) is 1. The highest BCUT2D eigenvalue weighted by Crippen LogP contribution is 2.18. The summed E-state index contributed by atoms with van der Waals surface area (Å²) < 4.78 is 5.50. The normalized spacial score (nSPS) is 18.9. The molecule has 1 aromatic rings. The lowest BCUT2D eigenvalue weighted by molar-refractivity contribution is -0.123. The molecule has 23 heavy (non-hydrogen) atoms. The number of fused-ring (bicyclic) bond motifs is 1. The molecule has 1 unspecified atom stereocenters. The highest BCUT2D eigenvalue weighted by atomic mass is 16.5. The van der Waals surface area contributed by atoms with Crippen LogP contribution in [0.25, 0.3) is 6.08 Å². The van der Waals surface area contributed by atoms with Crippen molar-refractivity contribution in [2.45, 2.75) is 26.7 Å². The van der Waals surface area contributed by atoms with Gasteiger partial charge >= 0.3 is 0 Å². The van der Waals surface area contributed by atoms with Gasteiger partial charge in [0.1, 0.15) is 5.78 Å². The number of hydrogen-bond donors (Lipinski definition) is 0. The Morgan fingerprint density at radius 3 is 2.83 bits per heavy atom. The second-order valence-corrected chi connectivity index (χ2v) is 5.59. The SMILES string of the molecule is C=CCC.C=NCC1COC/C=C\c2cc(C)ccc2CC1=O. The van der Waals surface area contributed by atoms with E-state index in [1.165, 1.54) is 5.56 Å². The van der Waals surface area contributed by atoms with E-state index in [0.29, 0.717) is 26.2 Å². The molecule has 1 aliphatic rings. The van der Waals surface area contributed by atoms with Crippen LogP contribution in [0.4, 0.5) is 0 Å². The van der Waals surface area contributed by atoms with Crippen molar-refractivity contribution < 1.29 is 9.53 Å². The number of ketones is 1. The second kappa shape index (κ2) is 10.7. The zero-order valence-corrected chi connectivity index (χ0v) is 14.3. The Balaban J connectivity index is 0.000000593. The van der Waals surface area contributed by atoms with E-state index in [0.717, 1.165) is 17.5 Å². The van der Waals surface area contributed by atoms with Gasteiger partial charge in [0.15, 0.2) is 0 Å². The molecule has 3 heteroatoms. The van der Waals surface area contributed by atoms with E-state index in [1.807, 2.05) is 30.4 Å². The summed E-state index contributed by atoms with van der Waals surface area (Å²) in [6.07, 6.45) is 7.41. The van der Waals surface area contributed by atoms with Gasteiger partial charge < -0.3 is 9.73 Å². The van der Waals surface area contributed by atoms with Crippen LogP contribution in [-0.4, -0.2) is 32.3 Å². The van der Waals surface area contributed by atoms with Crippen molar-refractivity contribution >= 4 is 18.6 Å². The Morgan fingerprint density at radius 2 is 2.17 bits per heavy atom. The Labute approximate surface area is 139 Å². The predicted molar refractivity (Wildman–Crippen MR) is 98.1 cm³/mol. The summed E-state index contributed by atoms with van der Waals surface area (Å²) in [7, 11) is 0. The van der Waals surface area contributed by atoms with Crippen LogP contribution in [-0.2, 0) is 16.0 Å². The lowest BCUT2D eigenvalue weighted by Gasteiger charge is -2.16. The minimum absolute atomic E-state index is 0.174. The third kappa shape index (κ3) is 6.74. The van der Waals surface area contributed by atoms with Crippen LogP contribution in [0.15, 0.2) is 41.9 Å².